The van der Waals surface area contributed by atoms with E-state index in [1.165, 1.54) is 4.57 Å². The summed E-state index contributed by atoms with van der Waals surface area (Å²) in [5.41, 5.74) is 1.47. The van der Waals surface area contributed by atoms with Crippen molar-refractivity contribution >= 4 is 23.2 Å². The molecule has 0 spiro atoms. The second kappa shape index (κ2) is 7.00. The highest BCUT2D eigenvalue weighted by Crippen LogP contribution is 2.10. The number of aryl methyl sites for hydroxylation is 1. The van der Waals surface area contributed by atoms with Crippen LogP contribution in [0, 0.1) is 6.92 Å². The zero-order valence-electron chi connectivity index (χ0n) is 13.5. The molecule has 1 aliphatic heterocycles. The van der Waals surface area contributed by atoms with Crippen molar-refractivity contribution in [1.29, 1.82) is 0 Å². The maximum Gasteiger partial charge on any atom is 0.307 e. The van der Waals surface area contributed by atoms with Crippen molar-refractivity contribution in [2.24, 2.45) is 0 Å². The van der Waals surface area contributed by atoms with Crippen LogP contribution in [0.25, 0.3) is 0 Å². The van der Waals surface area contributed by atoms with Gasteiger partial charge >= 0.3 is 4.87 Å². The molecule has 1 fully saturated rings. The smallest absolute Gasteiger partial charge is 0.307 e. The summed E-state index contributed by atoms with van der Waals surface area (Å²) in [5, 5.41) is 1.76. The number of piperazine rings is 1. The largest absolute Gasteiger partial charge is 0.338 e. The Bertz CT molecular complexity index is 789. The molecule has 0 N–H and O–H groups in total. The molecule has 2 amide bonds. The van der Waals surface area contributed by atoms with Gasteiger partial charge in [-0.1, -0.05) is 29.5 Å². The zero-order valence-corrected chi connectivity index (χ0v) is 14.3. The Hall–Kier alpha value is -2.41. The Labute approximate surface area is 143 Å². The van der Waals surface area contributed by atoms with Crippen LogP contribution in [0.4, 0.5) is 0 Å². The molecule has 1 aromatic carbocycles. The van der Waals surface area contributed by atoms with E-state index in [0.29, 0.717) is 31.7 Å². The summed E-state index contributed by atoms with van der Waals surface area (Å²) >= 11 is 1.11. The number of carbonyl (C=O) groups is 2. The van der Waals surface area contributed by atoms with Gasteiger partial charge < -0.3 is 9.80 Å². The van der Waals surface area contributed by atoms with Gasteiger partial charge in [-0.05, 0) is 19.1 Å². The van der Waals surface area contributed by atoms with Gasteiger partial charge in [0.05, 0.1) is 0 Å². The van der Waals surface area contributed by atoms with Gasteiger partial charge in [0, 0.05) is 42.8 Å². The second-order valence-electron chi connectivity index (χ2n) is 5.77. The number of nitrogens with zero attached hydrogens (tertiary/aromatic N) is 3. The lowest BCUT2D eigenvalue weighted by atomic mass is 10.2. The minimum absolute atomic E-state index is 0.00685. The van der Waals surface area contributed by atoms with Gasteiger partial charge in [-0.15, -0.1) is 0 Å². The number of amides is 2. The van der Waals surface area contributed by atoms with Crippen molar-refractivity contribution in [2.75, 3.05) is 26.2 Å². The second-order valence-corrected chi connectivity index (χ2v) is 6.59. The number of hydrogen-bond donors (Lipinski definition) is 0. The lowest BCUT2D eigenvalue weighted by molar-refractivity contribution is -0.133. The Kier molecular flexibility index (Phi) is 4.80. The first-order valence-corrected chi connectivity index (χ1v) is 8.71. The third-order valence-corrected chi connectivity index (χ3v) is 5.09. The van der Waals surface area contributed by atoms with E-state index in [9.17, 15) is 14.4 Å². The summed E-state index contributed by atoms with van der Waals surface area (Å²) in [7, 11) is 0. The summed E-state index contributed by atoms with van der Waals surface area (Å²) in [6.07, 6.45) is 0. The fraction of sp³-hybridized carbons (Fsp3) is 0.353. The summed E-state index contributed by atoms with van der Waals surface area (Å²) in [6.45, 7) is 3.90. The molecule has 7 heteroatoms. The minimum Gasteiger partial charge on any atom is -0.338 e. The SMILES string of the molecule is Cc1csc(=O)n1CC(=O)N1CCN(C(=O)c2ccccc2)CC1. The zero-order chi connectivity index (χ0) is 17.1. The van der Waals surface area contributed by atoms with Gasteiger partial charge in [-0.2, -0.15) is 0 Å². The predicted molar refractivity (Wildman–Crippen MR) is 92.2 cm³/mol. The normalized spacial score (nSPS) is 14.7. The van der Waals surface area contributed by atoms with E-state index < -0.39 is 0 Å². The van der Waals surface area contributed by atoms with E-state index in [2.05, 4.69) is 0 Å². The Morgan fingerprint density at radius 1 is 1.04 bits per heavy atom. The number of rotatable bonds is 3. The fourth-order valence-electron chi connectivity index (χ4n) is 2.75. The van der Waals surface area contributed by atoms with Gasteiger partial charge in [-0.3, -0.25) is 19.0 Å². The van der Waals surface area contributed by atoms with Crippen LogP contribution in [0.3, 0.4) is 0 Å². The lowest BCUT2D eigenvalue weighted by Crippen LogP contribution is -2.51. The first kappa shape index (κ1) is 16.4. The first-order chi connectivity index (χ1) is 11.6. The summed E-state index contributed by atoms with van der Waals surface area (Å²) < 4.78 is 1.49. The van der Waals surface area contributed by atoms with Crippen LogP contribution in [0.5, 0.6) is 0 Å². The molecule has 24 heavy (non-hydrogen) atoms. The van der Waals surface area contributed by atoms with Crippen molar-refractivity contribution in [3.63, 3.8) is 0 Å². The van der Waals surface area contributed by atoms with Crippen LogP contribution < -0.4 is 4.87 Å². The number of thiazole rings is 1. The molecule has 0 atom stereocenters. The van der Waals surface area contributed by atoms with Crippen molar-refractivity contribution in [2.45, 2.75) is 13.5 Å². The van der Waals surface area contributed by atoms with Crippen LogP contribution in [0.15, 0.2) is 40.5 Å². The first-order valence-electron chi connectivity index (χ1n) is 7.83. The maximum atomic E-state index is 12.4. The van der Waals surface area contributed by atoms with E-state index in [4.69, 9.17) is 0 Å². The lowest BCUT2D eigenvalue weighted by Gasteiger charge is -2.35. The van der Waals surface area contributed by atoms with Crippen LogP contribution in [-0.4, -0.2) is 52.4 Å². The van der Waals surface area contributed by atoms with Crippen molar-refractivity contribution in [3.05, 3.63) is 56.6 Å². The number of hydrogen-bond acceptors (Lipinski definition) is 4. The highest BCUT2D eigenvalue weighted by molar-refractivity contribution is 7.07. The number of aromatic nitrogens is 1. The van der Waals surface area contributed by atoms with Gasteiger partial charge in [0.25, 0.3) is 5.91 Å². The van der Waals surface area contributed by atoms with E-state index in [0.717, 1.165) is 17.0 Å². The van der Waals surface area contributed by atoms with Crippen LogP contribution in [-0.2, 0) is 11.3 Å². The number of benzene rings is 1. The highest BCUT2D eigenvalue weighted by atomic mass is 32.1. The molecule has 3 rings (SSSR count). The predicted octanol–water partition coefficient (Wildman–Crippen LogP) is 1.20. The van der Waals surface area contributed by atoms with E-state index in [1.54, 1.807) is 27.3 Å². The summed E-state index contributed by atoms with van der Waals surface area (Å²) in [6, 6.07) is 9.15. The van der Waals surface area contributed by atoms with Crippen LogP contribution in [0.2, 0.25) is 0 Å². The number of carbonyl (C=O) groups excluding carboxylic acids is 2. The molecular weight excluding hydrogens is 326 g/mol. The third kappa shape index (κ3) is 3.41. The summed E-state index contributed by atoms with van der Waals surface area (Å²) in [4.78, 5) is 39.9. The molecule has 2 aromatic rings. The summed E-state index contributed by atoms with van der Waals surface area (Å²) in [5.74, 6) is -0.0852. The van der Waals surface area contributed by atoms with Crippen molar-refractivity contribution in [3.8, 4) is 0 Å². The Balaban J connectivity index is 1.58. The molecular formula is C17H19N3O3S. The molecule has 126 valence electrons. The molecule has 1 aromatic heterocycles. The molecule has 2 heterocycles. The molecule has 0 radical (unpaired) electrons. The molecule has 0 unspecified atom stereocenters. The van der Waals surface area contributed by atoms with E-state index in [1.807, 2.05) is 25.1 Å². The third-order valence-electron chi connectivity index (χ3n) is 4.21. The van der Waals surface area contributed by atoms with Gasteiger partial charge in [0.15, 0.2) is 0 Å². The van der Waals surface area contributed by atoms with Gasteiger partial charge in [0.2, 0.25) is 5.91 Å². The van der Waals surface area contributed by atoms with Crippen LogP contribution in [0.1, 0.15) is 16.1 Å². The van der Waals surface area contributed by atoms with Crippen molar-refractivity contribution in [1.82, 2.24) is 14.4 Å². The van der Waals surface area contributed by atoms with Gasteiger partial charge in [-0.25, -0.2) is 0 Å². The monoisotopic (exact) mass is 345 g/mol. The highest BCUT2D eigenvalue weighted by Gasteiger charge is 2.25. The molecule has 6 nitrogen and oxygen atoms in total. The van der Waals surface area contributed by atoms with Crippen LogP contribution >= 0.6 is 11.3 Å². The molecule has 0 saturated carbocycles. The topological polar surface area (TPSA) is 62.6 Å². The maximum absolute atomic E-state index is 12.4. The van der Waals surface area contributed by atoms with Crippen molar-refractivity contribution < 1.29 is 9.59 Å². The standard InChI is InChI=1S/C17H19N3O3S/c1-13-12-24-17(23)20(13)11-15(21)18-7-9-19(10-8-18)16(22)14-5-3-2-4-6-14/h2-6,12H,7-11H2,1H3. The van der Waals surface area contributed by atoms with Gasteiger partial charge in [0.1, 0.15) is 6.54 Å². The Morgan fingerprint density at radius 2 is 1.67 bits per heavy atom. The molecule has 1 saturated heterocycles. The molecule has 0 aliphatic carbocycles. The quantitative estimate of drug-likeness (QED) is 0.840. The average molecular weight is 345 g/mol. The minimum atomic E-state index is -0.112. The molecule has 1 aliphatic rings. The fourth-order valence-corrected chi connectivity index (χ4v) is 3.49. The Morgan fingerprint density at radius 3 is 2.25 bits per heavy atom. The van der Waals surface area contributed by atoms with E-state index in [-0.39, 0.29) is 23.2 Å². The average Bonchev–Trinajstić information content (AvgIpc) is 2.94. The molecule has 0 bridgehead atoms. The van der Waals surface area contributed by atoms with E-state index >= 15 is 0 Å².